The maximum Gasteiger partial charge on any atom is 0.136 e. The lowest BCUT2D eigenvalue weighted by molar-refractivity contribution is 0.668. The van der Waals surface area contributed by atoms with Crippen molar-refractivity contribution in [3.05, 3.63) is 139 Å². The van der Waals surface area contributed by atoms with Crippen molar-refractivity contribution in [1.29, 1.82) is 0 Å². The van der Waals surface area contributed by atoms with Gasteiger partial charge in [-0.3, -0.25) is 0 Å². The van der Waals surface area contributed by atoms with Gasteiger partial charge >= 0.3 is 0 Å². The maximum atomic E-state index is 6.50. The minimum absolute atomic E-state index is 0.884. The third-order valence-corrected chi connectivity index (χ3v) is 11.0. The molecular weight excluding hydrogens is 595 g/mol. The molecule has 0 aliphatic heterocycles. The van der Waals surface area contributed by atoms with Crippen molar-refractivity contribution in [2.45, 2.75) is 6.92 Å². The van der Waals surface area contributed by atoms with Crippen molar-refractivity contribution >= 4 is 97.2 Å². The smallest absolute Gasteiger partial charge is 0.136 e. The summed E-state index contributed by atoms with van der Waals surface area (Å²) in [6.45, 7) is 2.10. The van der Waals surface area contributed by atoms with Gasteiger partial charge in [0, 0.05) is 53.5 Å². The number of furan rings is 2. The molecule has 0 aliphatic carbocycles. The number of benzene rings is 7. The van der Waals surface area contributed by atoms with Crippen LogP contribution in [0, 0.1) is 6.92 Å². The van der Waals surface area contributed by atoms with Crippen LogP contribution in [0.4, 0.5) is 0 Å². The quantitative estimate of drug-likeness (QED) is 0.193. The molecule has 0 atom stereocenters. The van der Waals surface area contributed by atoms with Crippen LogP contribution in [0.5, 0.6) is 0 Å². The van der Waals surface area contributed by atoms with Crippen molar-refractivity contribution in [3.63, 3.8) is 0 Å². The molecular formula is C43H25NO2S. The van der Waals surface area contributed by atoms with Crippen LogP contribution in [0.15, 0.2) is 142 Å². The molecule has 0 saturated heterocycles. The van der Waals surface area contributed by atoms with Crippen molar-refractivity contribution in [2.75, 3.05) is 0 Å². The number of fused-ring (bicyclic) bond motifs is 13. The zero-order valence-electron chi connectivity index (χ0n) is 25.4. The van der Waals surface area contributed by atoms with Crippen molar-refractivity contribution in [3.8, 4) is 16.8 Å². The molecule has 0 aliphatic rings. The molecule has 0 fully saturated rings. The van der Waals surface area contributed by atoms with Crippen molar-refractivity contribution < 1.29 is 8.83 Å². The van der Waals surface area contributed by atoms with Crippen LogP contribution in [0.3, 0.4) is 0 Å². The van der Waals surface area contributed by atoms with Gasteiger partial charge in [-0.05, 0) is 78.2 Å². The molecule has 11 rings (SSSR count). The molecule has 0 bridgehead atoms. The van der Waals surface area contributed by atoms with Gasteiger partial charge < -0.3 is 13.4 Å². The summed E-state index contributed by atoms with van der Waals surface area (Å²) in [5.74, 6) is 0. The van der Waals surface area contributed by atoms with Crippen LogP contribution >= 0.6 is 11.3 Å². The third kappa shape index (κ3) is 3.45. The first-order valence-corrected chi connectivity index (χ1v) is 16.7. The Morgan fingerprint density at radius 1 is 0.511 bits per heavy atom. The van der Waals surface area contributed by atoms with Crippen LogP contribution in [-0.2, 0) is 0 Å². The summed E-state index contributed by atoms with van der Waals surface area (Å²) in [5, 5.41) is 9.64. The lowest BCUT2D eigenvalue weighted by Gasteiger charge is -2.09. The van der Waals surface area contributed by atoms with Gasteiger partial charge in [0.1, 0.15) is 22.3 Å². The van der Waals surface area contributed by atoms with Gasteiger partial charge in [0.2, 0.25) is 0 Å². The van der Waals surface area contributed by atoms with Gasteiger partial charge in [-0.2, -0.15) is 0 Å². The van der Waals surface area contributed by atoms with E-state index < -0.39 is 0 Å². The molecule has 0 N–H and O–H groups in total. The van der Waals surface area contributed by atoms with Gasteiger partial charge in [-0.25, -0.2) is 0 Å². The standard InChI is InChI=1S/C43H25NO2S/c1-24-13-16-29-33-22-25(14-19-36(33)46-39(29)21-24)27-9-6-11-38-41(27)34-23-26(15-20-37(34)45-38)44-35-10-4-2-7-28(35)31-17-18-32-30-8-3-5-12-40(30)47-43(32)42(31)44/h2-23H,1H3. The minimum atomic E-state index is 0.884. The van der Waals surface area contributed by atoms with E-state index >= 15 is 0 Å². The van der Waals surface area contributed by atoms with Crippen LogP contribution in [0.1, 0.15) is 5.56 Å². The van der Waals surface area contributed by atoms with E-state index in [0.717, 1.165) is 60.7 Å². The summed E-state index contributed by atoms with van der Waals surface area (Å²) in [6.07, 6.45) is 0. The highest BCUT2D eigenvalue weighted by Gasteiger charge is 2.20. The highest BCUT2D eigenvalue weighted by atomic mass is 32.1. The normalized spacial score (nSPS) is 12.4. The van der Waals surface area contributed by atoms with E-state index in [-0.39, 0.29) is 0 Å². The fourth-order valence-electron chi connectivity index (χ4n) is 7.75. The first kappa shape index (κ1) is 25.4. The van der Waals surface area contributed by atoms with Crippen LogP contribution in [0.2, 0.25) is 0 Å². The zero-order valence-corrected chi connectivity index (χ0v) is 26.2. The van der Waals surface area contributed by atoms with E-state index in [1.165, 1.54) is 47.5 Å². The Balaban J connectivity index is 1.20. The fraction of sp³-hybridized carbons (Fsp3) is 0.0233. The molecule has 4 heteroatoms. The number of thiophene rings is 1. The number of aromatic nitrogens is 1. The number of nitrogens with zero attached hydrogens (tertiary/aromatic N) is 1. The summed E-state index contributed by atoms with van der Waals surface area (Å²) in [4.78, 5) is 0. The molecule has 0 amide bonds. The number of aryl methyl sites for hydroxylation is 1. The van der Waals surface area contributed by atoms with Crippen LogP contribution in [-0.4, -0.2) is 4.57 Å². The predicted octanol–water partition coefficient (Wildman–Crippen LogP) is 12.9. The lowest BCUT2D eigenvalue weighted by Crippen LogP contribution is -1.93. The van der Waals surface area contributed by atoms with Crippen LogP contribution < -0.4 is 0 Å². The molecule has 11 aromatic rings. The Hall–Kier alpha value is -5.84. The number of hydrogen-bond acceptors (Lipinski definition) is 3. The van der Waals surface area contributed by atoms with E-state index in [4.69, 9.17) is 8.83 Å². The van der Waals surface area contributed by atoms with E-state index in [2.05, 4.69) is 145 Å². The monoisotopic (exact) mass is 619 g/mol. The van der Waals surface area contributed by atoms with E-state index in [1.807, 2.05) is 11.3 Å². The first-order chi connectivity index (χ1) is 23.2. The Morgan fingerprint density at radius 2 is 1.30 bits per heavy atom. The van der Waals surface area contributed by atoms with Crippen LogP contribution in [0.25, 0.3) is 103 Å². The maximum absolute atomic E-state index is 6.50. The number of para-hydroxylation sites is 1. The Morgan fingerprint density at radius 3 is 2.26 bits per heavy atom. The Labute approximate surface area is 272 Å². The summed E-state index contributed by atoms with van der Waals surface area (Å²) in [5.41, 5.74) is 10.7. The zero-order chi connectivity index (χ0) is 30.8. The average molecular weight is 620 g/mol. The highest BCUT2D eigenvalue weighted by Crippen LogP contribution is 2.44. The predicted molar refractivity (Wildman–Crippen MR) is 198 cm³/mol. The summed E-state index contributed by atoms with van der Waals surface area (Å²) in [7, 11) is 0. The summed E-state index contributed by atoms with van der Waals surface area (Å²) >= 11 is 1.88. The molecule has 0 spiro atoms. The molecule has 0 saturated carbocycles. The molecule has 4 heterocycles. The van der Waals surface area contributed by atoms with Gasteiger partial charge in [0.25, 0.3) is 0 Å². The molecule has 220 valence electrons. The van der Waals surface area contributed by atoms with Gasteiger partial charge in [0.15, 0.2) is 0 Å². The first-order valence-electron chi connectivity index (χ1n) is 15.9. The summed E-state index contributed by atoms with van der Waals surface area (Å²) in [6, 6.07) is 48.1. The van der Waals surface area contributed by atoms with E-state index in [9.17, 15) is 0 Å². The van der Waals surface area contributed by atoms with Gasteiger partial charge in [-0.15, -0.1) is 11.3 Å². The minimum Gasteiger partial charge on any atom is -0.456 e. The fourth-order valence-corrected chi connectivity index (χ4v) is 8.99. The third-order valence-electron chi connectivity index (χ3n) is 9.85. The van der Waals surface area contributed by atoms with E-state index in [1.54, 1.807) is 0 Å². The van der Waals surface area contributed by atoms with Gasteiger partial charge in [-0.1, -0.05) is 78.9 Å². The molecule has 0 unspecified atom stereocenters. The SMILES string of the molecule is Cc1ccc2c(c1)oc1ccc(-c3cccc4oc5ccc(-n6c7ccccc7c7ccc8c9ccccc9sc8c76)cc5c34)cc12. The lowest BCUT2D eigenvalue weighted by atomic mass is 9.97. The number of hydrogen-bond donors (Lipinski definition) is 0. The second kappa shape index (κ2) is 9.12. The molecule has 4 aromatic heterocycles. The van der Waals surface area contributed by atoms with Crippen molar-refractivity contribution in [2.24, 2.45) is 0 Å². The molecule has 0 radical (unpaired) electrons. The highest BCUT2D eigenvalue weighted by molar-refractivity contribution is 7.26. The molecule has 3 nitrogen and oxygen atoms in total. The molecule has 7 aromatic carbocycles. The Kier molecular flexibility index (Phi) is 4.92. The summed E-state index contributed by atoms with van der Waals surface area (Å²) < 4.78 is 17.8. The van der Waals surface area contributed by atoms with Gasteiger partial charge in [0.05, 0.1) is 15.7 Å². The largest absolute Gasteiger partial charge is 0.456 e. The average Bonchev–Trinajstić information content (AvgIpc) is 3.85. The molecule has 47 heavy (non-hydrogen) atoms. The Bertz CT molecular complexity index is 3090. The second-order valence-electron chi connectivity index (χ2n) is 12.6. The van der Waals surface area contributed by atoms with E-state index in [0.29, 0.717) is 0 Å². The number of rotatable bonds is 2. The topological polar surface area (TPSA) is 31.2 Å². The second-order valence-corrected chi connectivity index (χ2v) is 13.6. The van der Waals surface area contributed by atoms with Crippen molar-refractivity contribution in [1.82, 2.24) is 4.57 Å².